The summed E-state index contributed by atoms with van der Waals surface area (Å²) in [6, 6.07) is 0. The topological polar surface area (TPSA) is 53.1 Å². The molecule has 1 aromatic rings. The monoisotopic (exact) mass is 251 g/mol. The maximum Gasteiger partial charge on any atom is 0.411 e. The van der Waals surface area contributed by atoms with Gasteiger partial charge in [0.1, 0.15) is 6.61 Å². The highest BCUT2D eigenvalue weighted by molar-refractivity contribution is 4.96. The second-order valence-electron chi connectivity index (χ2n) is 3.66. The lowest BCUT2D eigenvalue weighted by molar-refractivity contribution is -0.174. The molecule has 1 heterocycles. The van der Waals surface area contributed by atoms with Gasteiger partial charge in [0.2, 0.25) is 0 Å². The molecule has 0 aromatic carbocycles. The van der Waals surface area contributed by atoms with Crippen LogP contribution in [-0.2, 0) is 17.7 Å². The molecule has 98 valence electrons. The standard InChI is InChI=1S/C10H16F3N3O/c11-10(12,13)7-17-5-1-4-16-6-9(2-3-14)15-8-16/h6,8H,1-5,7,14H2. The second-order valence-corrected chi connectivity index (χ2v) is 3.66. The van der Waals surface area contributed by atoms with Gasteiger partial charge in [-0.1, -0.05) is 0 Å². The van der Waals surface area contributed by atoms with Crippen molar-refractivity contribution < 1.29 is 17.9 Å². The van der Waals surface area contributed by atoms with Crippen molar-refractivity contribution in [1.82, 2.24) is 9.55 Å². The summed E-state index contributed by atoms with van der Waals surface area (Å²) in [6.07, 6.45) is 0.473. The second kappa shape index (κ2) is 6.61. The number of alkyl halides is 3. The molecular formula is C10H16F3N3O. The Morgan fingerprint density at radius 3 is 2.82 bits per heavy atom. The van der Waals surface area contributed by atoms with Gasteiger partial charge in [0.05, 0.1) is 12.0 Å². The van der Waals surface area contributed by atoms with Crippen LogP contribution in [0.5, 0.6) is 0 Å². The van der Waals surface area contributed by atoms with Crippen LogP contribution in [0.3, 0.4) is 0 Å². The largest absolute Gasteiger partial charge is 0.411 e. The van der Waals surface area contributed by atoms with Gasteiger partial charge < -0.3 is 15.0 Å². The van der Waals surface area contributed by atoms with Crippen molar-refractivity contribution in [3.63, 3.8) is 0 Å². The number of aryl methyl sites for hydroxylation is 1. The highest BCUT2D eigenvalue weighted by Crippen LogP contribution is 2.14. The summed E-state index contributed by atoms with van der Waals surface area (Å²) in [5.41, 5.74) is 6.27. The van der Waals surface area contributed by atoms with E-state index >= 15 is 0 Å². The van der Waals surface area contributed by atoms with Gasteiger partial charge in [-0.05, 0) is 13.0 Å². The first-order valence-corrected chi connectivity index (χ1v) is 5.36. The lowest BCUT2D eigenvalue weighted by atomic mass is 10.3. The molecule has 0 radical (unpaired) electrons. The number of hydrogen-bond donors (Lipinski definition) is 1. The van der Waals surface area contributed by atoms with Crippen molar-refractivity contribution in [3.8, 4) is 0 Å². The number of nitrogens with two attached hydrogens (primary N) is 1. The van der Waals surface area contributed by atoms with E-state index in [9.17, 15) is 13.2 Å². The third-order valence-electron chi connectivity index (χ3n) is 2.06. The summed E-state index contributed by atoms with van der Waals surface area (Å²) in [6.45, 7) is 0.0282. The summed E-state index contributed by atoms with van der Waals surface area (Å²) in [5.74, 6) is 0. The normalized spacial score (nSPS) is 12.0. The van der Waals surface area contributed by atoms with Crippen LogP contribution in [0.4, 0.5) is 13.2 Å². The van der Waals surface area contributed by atoms with E-state index in [2.05, 4.69) is 9.72 Å². The number of hydrogen-bond acceptors (Lipinski definition) is 3. The fourth-order valence-electron chi connectivity index (χ4n) is 1.34. The Morgan fingerprint density at radius 1 is 1.41 bits per heavy atom. The first-order chi connectivity index (χ1) is 8.01. The van der Waals surface area contributed by atoms with Gasteiger partial charge in [-0.15, -0.1) is 0 Å². The van der Waals surface area contributed by atoms with Gasteiger partial charge in [0.15, 0.2) is 0 Å². The Balaban J connectivity index is 2.13. The quantitative estimate of drug-likeness (QED) is 0.744. The van der Waals surface area contributed by atoms with E-state index in [4.69, 9.17) is 5.73 Å². The molecule has 0 unspecified atom stereocenters. The molecule has 7 heteroatoms. The summed E-state index contributed by atoms with van der Waals surface area (Å²) >= 11 is 0. The molecule has 0 fully saturated rings. The van der Waals surface area contributed by atoms with Crippen LogP contribution in [0.1, 0.15) is 12.1 Å². The summed E-state index contributed by atoms with van der Waals surface area (Å²) < 4.78 is 41.5. The van der Waals surface area contributed by atoms with E-state index in [1.807, 2.05) is 10.8 Å². The van der Waals surface area contributed by atoms with Crippen LogP contribution >= 0.6 is 0 Å². The average Bonchev–Trinajstić information content (AvgIpc) is 2.64. The van der Waals surface area contributed by atoms with Gasteiger partial charge in [0, 0.05) is 25.8 Å². The third kappa shape index (κ3) is 6.28. The van der Waals surface area contributed by atoms with Crippen LogP contribution < -0.4 is 5.73 Å². The van der Waals surface area contributed by atoms with E-state index < -0.39 is 12.8 Å². The molecule has 2 N–H and O–H groups in total. The highest BCUT2D eigenvalue weighted by Gasteiger charge is 2.27. The summed E-state index contributed by atoms with van der Waals surface area (Å²) in [4.78, 5) is 4.11. The van der Waals surface area contributed by atoms with Gasteiger partial charge in [-0.3, -0.25) is 0 Å². The maximum atomic E-state index is 11.7. The van der Waals surface area contributed by atoms with Crippen molar-refractivity contribution in [1.29, 1.82) is 0 Å². The van der Waals surface area contributed by atoms with Crippen molar-refractivity contribution in [2.45, 2.75) is 25.6 Å². The highest BCUT2D eigenvalue weighted by atomic mass is 19.4. The smallest absolute Gasteiger partial charge is 0.372 e. The zero-order valence-electron chi connectivity index (χ0n) is 9.41. The summed E-state index contributed by atoms with van der Waals surface area (Å²) in [7, 11) is 0. The third-order valence-corrected chi connectivity index (χ3v) is 2.06. The Labute approximate surface area is 97.6 Å². The van der Waals surface area contributed by atoms with Crippen molar-refractivity contribution >= 4 is 0 Å². The maximum absolute atomic E-state index is 11.7. The van der Waals surface area contributed by atoms with E-state index in [-0.39, 0.29) is 6.61 Å². The van der Waals surface area contributed by atoms with Gasteiger partial charge in [0.25, 0.3) is 0 Å². The van der Waals surface area contributed by atoms with Crippen LogP contribution in [-0.4, -0.2) is 35.5 Å². The molecule has 0 amide bonds. The van der Waals surface area contributed by atoms with Crippen LogP contribution in [0.15, 0.2) is 12.5 Å². The SMILES string of the molecule is NCCc1cn(CCCOCC(F)(F)F)cn1. The van der Waals surface area contributed by atoms with Crippen molar-refractivity contribution in [3.05, 3.63) is 18.2 Å². The van der Waals surface area contributed by atoms with Crippen LogP contribution in [0.25, 0.3) is 0 Å². The van der Waals surface area contributed by atoms with Crippen LogP contribution in [0, 0.1) is 0 Å². The Bertz CT molecular complexity index is 325. The predicted molar refractivity (Wildman–Crippen MR) is 56.5 cm³/mol. The molecular weight excluding hydrogens is 235 g/mol. The van der Waals surface area contributed by atoms with E-state index in [0.29, 0.717) is 25.9 Å². The van der Waals surface area contributed by atoms with Crippen LogP contribution in [0.2, 0.25) is 0 Å². The van der Waals surface area contributed by atoms with E-state index in [0.717, 1.165) is 5.69 Å². The molecule has 4 nitrogen and oxygen atoms in total. The Morgan fingerprint density at radius 2 is 2.18 bits per heavy atom. The fraction of sp³-hybridized carbons (Fsp3) is 0.700. The number of ether oxygens (including phenoxy) is 1. The van der Waals surface area contributed by atoms with E-state index in [1.54, 1.807) is 6.33 Å². The molecule has 17 heavy (non-hydrogen) atoms. The van der Waals surface area contributed by atoms with Crippen molar-refractivity contribution in [2.24, 2.45) is 5.73 Å². The molecule has 0 saturated carbocycles. The first kappa shape index (κ1) is 14.0. The molecule has 1 aromatic heterocycles. The van der Waals surface area contributed by atoms with Crippen molar-refractivity contribution in [2.75, 3.05) is 19.8 Å². The molecule has 0 spiro atoms. The lowest BCUT2D eigenvalue weighted by Gasteiger charge is -2.07. The zero-order chi connectivity index (χ0) is 12.7. The molecule has 0 saturated heterocycles. The number of halogens is 3. The lowest BCUT2D eigenvalue weighted by Crippen LogP contribution is -2.17. The minimum atomic E-state index is -4.25. The molecule has 0 aliphatic rings. The minimum Gasteiger partial charge on any atom is -0.372 e. The van der Waals surface area contributed by atoms with E-state index in [1.165, 1.54) is 0 Å². The minimum absolute atomic E-state index is 0.0872. The Hall–Kier alpha value is -1.08. The molecule has 1 rings (SSSR count). The summed E-state index contributed by atoms with van der Waals surface area (Å²) in [5, 5.41) is 0. The van der Waals surface area contributed by atoms with Gasteiger partial charge in [-0.2, -0.15) is 13.2 Å². The molecule has 0 atom stereocenters. The number of rotatable bonds is 7. The zero-order valence-corrected chi connectivity index (χ0v) is 9.41. The molecule has 0 aliphatic heterocycles. The van der Waals surface area contributed by atoms with Gasteiger partial charge in [-0.25, -0.2) is 4.98 Å². The Kier molecular flexibility index (Phi) is 5.43. The number of aromatic nitrogens is 2. The fourth-order valence-corrected chi connectivity index (χ4v) is 1.34. The molecule has 0 bridgehead atoms. The number of imidazole rings is 1. The number of nitrogens with zero attached hydrogens (tertiary/aromatic N) is 2. The average molecular weight is 251 g/mol. The molecule has 0 aliphatic carbocycles. The first-order valence-electron chi connectivity index (χ1n) is 5.36. The predicted octanol–water partition coefficient (Wildman–Crippen LogP) is 1.35. The van der Waals surface area contributed by atoms with Gasteiger partial charge >= 0.3 is 6.18 Å².